The molecule has 1 saturated heterocycles. The van der Waals surface area contributed by atoms with E-state index >= 15 is 0 Å². The fraction of sp³-hybridized carbons (Fsp3) is 0.364. The van der Waals surface area contributed by atoms with Gasteiger partial charge in [-0.2, -0.15) is 4.31 Å². The summed E-state index contributed by atoms with van der Waals surface area (Å²) in [4.78, 5) is 21.3. The predicted octanol–water partition coefficient (Wildman–Crippen LogP) is 0.104. The fourth-order valence-corrected chi connectivity index (χ4v) is 3.80. The van der Waals surface area contributed by atoms with Crippen molar-refractivity contribution in [1.29, 1.82) is 0 Å². The van der Waals surface area contributed by atoms with Crippen LogP contribution in [0.3, 0.4) is 0 Å². The molecule has 0 spiro atoms. The molecule has 1 amide bonds. The summed E-state index contributed by atoms with van der Waals surface area (Å²) in [5.74, 6) is -0.418. The number of hydrogen-bond donors (Lipinski definition) is 1. The maximum atomic E-state index is 12.5. The Balaban J connectivity index is 2.50. The van der Waals surface area contributed by atoms with E-state index in [0.717, 1.165) is 10.4 Å². The van der Waals surface area contributed by atoms with Crippen LogP contribution in [0.15, 0.2) is 29.2 Å². The molecule has 9 heteroatoms. The van der Waals surface area contributed by atoms with E-state index in [-0.39, 0.29) is 13.1 Å². The van der Waals surface area contributed by atoms with Crippen LogP contribution < -0.4 is 5.32 Å². The summed E-state index contributed by atoms with van der Waals surface area (Å²) in [5, 5.41) is 13.5. The van der Waals surface area contributed by atoms with E-state index in [1.165, 1.54) is 25.1 Å². The SMILES string of the molecule is C[C@@H]1C(=O)NCCN1S(=O)(=O)c1ccccc1[N+](=O)[O-]. The number of para-hydroxylation sites is 1. The van der Waals surface area contributed by atoms with Crippen LogP contribution in [0, 0.1) is 10.1 Å². The molecule has 108 valence electrons. The van der Waals surface area contributed by atoms with Gasteiger partial charge in [-0.1, -0.05) is 12.1 Å². The maximum absolute atomic E-state index is 12.5. The zero-order valence-electron chi connectivity index (χ0n) is 10.6. The Morgan fingerprint density at radius 2 is 2.05 bits per heavy atom. The van der Waals surface area contributed by atoms with Gasteiger partial charge in [0.25, 0.3) is 15.7 Å². The summed E-state index contributed by atoms with van der Waals surface area (Å²) in [5.41, 5.74) is -0.495. The van der Waals surface area contributed by atoms with E-state index < -0.39 is 37.5 Å². The van der Waals surface area contributed by atoms with Gasteiger partial charge in [0.15, 0.2) is 4.90 Å². The number of piperazine rings is 1. The molecule has 1 fully saturated rings. The van der Waals surface area contributed by atoms with Crippen LogP contribution in [0.4, 0.5) is 5.69 Å². The Kier molecular flexibility index (Phi) is 3.73. The van der Waals surface area contributed by atoms with Crippen molar-refractivity contribution in [2.75, 3.05) is 13.1 Å². The first-order valence-corrected chi connectivity index (χ1v) is 7.32. The Hall–Kier alpha value is -2.00. The molecule has 0 unspecified atom stereocenters. The topological polar surface area (TPSA) is 110 Å². The number of carbonyl (C=O) groups is 1. The van der Waals surface area contributed by atoms with E-state index in [9.17, 15) is 23.3 Å². The summed E-state index contributed by atoms with van der Waals surface area (Å²) < 4.78 is 26.0. The molecule has 1 atom stereocenters. The minimum Gasteiger partial charge on any atom is -0.353 e. The minimum absolute atomic E-state index is 0.0846. The van der Waals surface area contributed by atoms with Crippen LogP contribution in [0.2, 0.25) is 0 Å². The number of benzene rings is 1. The first kappa shape index (κ1) is 14.4. The fourth-order valence-electron chi connectivity index (χ4n) is 2.04. The van der Waals surface area contributed by atoms with Crippen LogP contribution in [0.1, 0.15) is 6.92 Å². The molecular weight excluding hydrogens is 286 g/mol. The van der Waals surface area contributed by atoms with Crippen molar-refractivity contribution in [3.05, 3.63) is 34.4 Å². The molecule has 0 saturated carbocycles. The average Bonchev–Trinajstić information content (AvgIpc) is 2.41. The predicted molar refractivity (Wildman–Crippen MR) is 69.5 cm³/mol. The van der Waals surface area contributed by atoms with Crippen molar-refractivity contribution in [1.82, 2.24) is 9.62 Å². The highest BCUT2D eigenvalue weighted by atomic mass is 32.2. The lowest BCUT2D eigenvalue weighted by molar-refractivity contribution is -0.387. The first-order chi connectivity index (χ1) is 9.35. The molecular formula is C11H13N3O5S. The summed E-state index contributed by atoms with van der Waals surface area (Å²) in [6.07, 6.45) is 0. The highest BCUT2D eigenvalue weighted by molar-refractivity contribution is 7.89. The van der Waals surface area contributed by atoms with Crippen molar-refractivity contribution >= 4 is 21.6 Å². The number of nitro benzene ring substituents is 1. The van der Waals surface area contributed by atoms with Gasteiger partial charge in [0.2, 0.25) is 5.91 Å². The number of carbonyl (C=O) groups excluding carboxylic acids is 1. The van der Waals surface area contributed by atoms with Gasteiger partial charge in [0.05, 0.1) is 4.92 Å². The van der Waals surface area contributed by atoms with Gasteiger partial charge >= 0.3 is 0 Å². The van der Waals surface area contributed by atoms with E-state index in [0.29, 0.717) is 0 Å². The number of sulfonamides is 1. The van der Waals surface area contributed by atoms with E-state index in [1.807, 2.05) is 0 Å². The zero-order valence-corrected chi connectivity index (χ0v) is 11.5. The summed E-state index contributed by atoms with van der Waals surface area (Å²) >= 11 is 0. The number of nitrogens with zero attached hydrogens (tertiary/aromatic N) is 2. The number of nitrogens with one attached hydrogen (secondary N) is 1. The van der Waals surface area contributed by atoms with E-state index in [4.69, 9.17) is 0 Å². The number of hydrogen-bond acceptors (Lipinski definition) is 5. The molecule has 20 heavy (non-hydrogen) atoms. The third kappa shape index (κ3) is 2.37. The number of nitro groups is 1. The van der Waals surface area contributed by atoms with Gasteiger partial charge in [0.1, 0.15) is 6.04 Å². The third-order valence-electron chi connectivity index (χ3n) is 3.09. The van der Waals surface area contributed by atoms with Crippen molar-refractivity contribution in [2.24, 2.45) is 0 Å². The van der Waals surface area contributed by atoms with Gasteiger partial charge < -0.3 is 5.32 Å². The second-order valence-electron chi connectivity index (χ2n) is 4.31. The minimum atomic E-state index is -4.09. The van der Waals surface area contributed by atoms with Crippen molar-refractivity contribution < 1.29 is 18.1 Å². The van der Waals surface area contributed by atoms with Crippen molar-refractivity contribution in [2.45, 2.75) is 17.9 Å². The molecule has 8 nitrogen and oxygen atoms in total. The monoisotopic (exact) mass is 299 g/mol. The summed E-state index contributed by atoms with van der Waals surface area (Å²) in [6.45, 7) is 1.71. The number of amides is 1. The molecule has 0 bridgehead atoms. The van der Waals surface area contributed by atoms with Crippen LogP contribution in [0.5, 0.6) is 0 Å². The lowest BCUT2D eigenvalue weighted by Gasteiger charge is -2.31. The highest BCUT2D eigenvalue weighted by Gasteiger charge is 2.38. The van der Waals surface area contributed by atoms with Crippen LogP contribution >= 0.6 is 0 Å². The zero-order chi connectivity index (χ0) is 14.9. The largest absolute Gasteiger partial charge is 0.353 e. The van der Waals surface area contributed by atoms with Gasteiger partial charge in [-0.25, -0.2) is 8.42 Å². The molecule has 1 heterocycles. The number of rotatable bonds is 3. The van der Waals surface area contributed by atoms with E-state index in [1.54, 1.807) is 0 Å². The Morgan fingerprint density at radius 3 is 2.70 bits per heavy atom. The second-order valence-corrected chi connectivity index (χ2v) is 6.17. The molecule has 0 aliphatic carbocycles. The van der Waals surface area contributed by atoms with Crippen molar-refractivity contribution in [3.8, 4) is 0 Å². The Labute approximate surface area is 115 Å². The average molecular weight is 299 g/mol. The maximum Gasteiger partial charge on any atom is 0.289 e. The first-order valence-electron chi connectivity index (χ1n) is 5.88. The van der Waals surface area contributed by atoms with Crippen molar-refractivity contribution in [3.63, 3.8) is 0 Å². The second kappa shape index (κ2) is 5.17. The standard InChI is InChI=1S/C11H13N3O5S/c1-8-11(15)12-6-7-13(8)20(18,19)10-5-3-2-4-9(10)14(16)17/h2-5,8H,6-7H2,1H3,(H,12,15)/t8-/m1/s1. The molecule has 0 aromatic heterocycles. The Morgan fingerprint density at radius 1 is 1.40 bits per heavy atom. The van der Waals surface area contributed by atoms with Gasteiger partial charge in [0, 0.05) is 19.2 Å². The molecule has 1 aliphatic rings. The van der Waals surface area contributed by atoms with E-state index in [2.05, 4.69) is 5.32 Å². The quantitative estimate of drug-likeness (QED) is 0.629. The van der Waals surface area contributed by atoms with Gasteiger partial charge in [-0.15, -0.1) is 0 Å². The van der Waals surface area contributed by atoms with Crippen LogP contribution in [-0.2, 0) is 14.8 Å². The van der Waals surface area contributed by atoms with Crippen LogP contribution in [0.25, 0.3) is 0 Å². The highest BCUT2D eigenvalue weighted by Crippen LogP contribution is 2.27. The smallest absolute Gasteiger partial charge is 0.289 e. The molecule has 1 N–H and O–H groups in total. The van der Waals surface area contributed by atoms with Crippen LogP contribution in [-0.4, -0.2) is 42.7 Å². The summed E-state index contributed by atoms with van der Waals surface area (Å²) in [6, 6.07) is 4.21. The third-order valence-corrected chi connectivity index (χ3v) is 5.11. The Bertz CT molecular complexity index is 658. The molecule has 2 rings (SSSR count). The molecule has 1 aromatic carbocycles. The summed E-state index contributed by atoms with van der Waals surface area (Å²) in [7, 11) is -4.09. The molecule has 0 radical (unpaired) electrons. The van der Waals surface area contributed by atoms with Gasteiger partial charge in [-0.3, -0.25) is 14.9 Å². The molecule has 1 aliphatic heterocycles. The lowest BCUT2D eigenvalue weighted by atomic mass is 10.2. The van der Waals surface area contributed by atoms with Gasteiger partial charge in [-0.05, 0) is 13.0 Å². The lowest BCUT2D eigenvalue weighted by Crippen LogP contribution is -2.55. The normalized spacial score (nSPS) is 20.4. The molecule has 1 aromatic rings.